The van der Waals surface area contributed by atoms with Crippen molar-refractivity contribution in [3.63, 3.8) is 0 Å². The molecule has 0 saturated heterocycles. The smallest absolute Gasteiger partial charge is 0.220 e. The second-order valence-corrected chi connectivity index (χ2v) is 6.81. The first-order valence-corrected chi connectivity index (χ1v) is 8.64. The Kier molecular flexibility index (Phi) is 6.77. The van der Waals surface area contributed by atoms with Crippen LogP contribution < -0.4 is 5.32 Å². The summed E-state index contributed by atoms with van der Waals surface area (Å²) in [6, 6.07) is 5.67. The quantitative estimate of drug-likeness (QED) is 0.790. The molecular weight excluding hydrogens is 295 g/mol. The number of hydrogen-bond donors (Lipinski definition) is 1. The van der Waals surface area contributed by atoms with Gasteiger partial charge < -0.3 is 5.32 Å². The minimum absolute atomic E-state index is 0.0901. The minimum atomic E-state index is -3.40. The number of benzene rings is 1. The van der Waals surface area contributed by atoms with E-state index in [4.69, 9.17) is 0 Å². The average molecular weight is 316 g/mol. The summed E-state index contributed by atoms with van der Waals surface area (Å²) < 4.78 is 37.6. The van der Waals surface area contributed by atoms with Crippen LogP contribution in [0.15, 0.2) is 24.3 Å². The monoisotopic (exact) mass is 316 g/mol. The van der Waals surface area contributed by atoms with Gasteiger partial charge in [0.15, 0.2) is 0 Å². The second kappa shape index (κ2) is 8.09. The first-order chi connectivity index (χ1) is 9.82. The van der Waals surface area contributed by atoms with Gasteiger partial charge in [0.1, 0.15) is 5.82 Å². The number of nitrogens with zero attached hydrogens (tertiary/aromatic N) is 1. The molecule has 0 aliphatic carbocycles. The van der Waals surface area contributed by atoms with Crippen molar-refractivity contribution < 1.29 is 17.6 Å². The highest BCUT2D eigenvalue weighted by Gasteiger charge is 2.17. The van der Waals surface area contributed by atoms with Crippen molar-refractivity contribution in [3.8, 4) is 0 Å². The fourth-order valence-electron chi connectivity index (χ4n) is 1.79. The lowest BCUT2D eigenvalue weighted by Crippen LogP contribution is -2.37. The molecule has 1 rings (SSSR count). The van der Waals surface area contributed by atoms with E-state index in [1.54, 1.807) is 12.1 Å². The Hall–Kier alpha value is -1.47. The van der Waals surface area contributed by atoms with E-state index in [0.717, 1.165) is 12.7 Å². The van der Waals surface area contributed by atoms with Crippen LogP contribution in [0.25, 0.3) is 0 Å². The third-order valence-corrected chi connectivity index (χ3v) is 4.15. The lowest BCUT2D eigenvalue weighted by molar-refractivity contribution is -0.121. The first kappa shape index (κ1) is 17.6. The van der Waals surface area contributed by atoms with Gasteiger partial charge in [-0.25, -0.2) is 12.8 Å². The van der Waals surface area contributed by atoms with Crippen molar-refractivity contribution in [1.82, 2.24) is 9.62 Å². The van der Waals surface area contributed by atoms with Crippen molar-refractivity contribution in [2.24, 2.45) is 0 Å². The topological polar surface area (TPSA) is 66.5 Å². The Morgan fingerprint density at radius 2 is 1.90 bits per heavy atom. The molecule has 1 N–H and O–H groups in total. The zero-order chi connectivity index (χ0) is 15.9. The van der Waals surface area contributed by atoms with Crippen LogP contribution in [0.2, 0.25) is 0 Å². The molecule has 0 bridgehead atoms. The molecule has 0 heterocycles. The number of nitrogens with one attached hydrogen (secondary N) is 1. The highest BCUT2D eigenvalue weighted by atomic mass is 32.2. The lowest BCUT2D eigenvalue weighted by atomic mass is 10.2. The van der Waals surface area contributed by atoms with Crippen LogP contribution in [-0.4, -0.2) is 38.0 Å². The molecule has 0 spiro atoms. The van der Waals surface area contributed by atoms with Gasteiger partial charge in [0, 0.05) is 26.1 Å². The summed E-state index contributed by atoms with van der Waals surface area (Å²) in [5.74, 6) is -0.454. The van der Waals surface area contributed by atoms with Gasteiger partial charge in [0.05, 0.1) is 6.26 Å². The van der Waals surface area contributed by atoms with Crippen molar-refractivity contribution in [2.75, 3.05) is 19.3 Å². The van der Waals surface area contributed by atoms with Crippen LogP contribution >= 0.6 is 0 Å². The second-order valence-electron chi connectivity index (χ2n) is 4.82. The molecule has 1 aromatic rings. The standard InChI is InChI=1S/C14H21FN2O3S/c1-3-4-14(18)16-9-10-17(21(2,19)20)11-12-5-7-13(15)8-6-12/h5-8H,3-4,9-11H2,1-2H3,(H,16,18). The normalized spacial score (nSPS) is 11.6. The zero-order valence-electron chi connectivity index (χ0n) is 12.3. The molecule has 0 aliphatic rings. The number of rotatable bonds is 8. The Morgan fingerprint density at radius 1 is 1.29 bits per heavy atom. The van der Waals surface area contributed by atoms with Crippen molar-refractivity contribution in [2.45, 2.75) is 26.3 Å². The molecule has 0 radical (unpaired) electrons. The molecule has 0 unspecified atom stereocenters. The van der Waals surface area contributed by atoms with Gasteiger partial charge in [0.2, 0.25) is 15.9 Å². The number of hydrogen-bond acceptors (Lipinski definition) is 3. The molecule has 0 fully saturated rings. The number of amides is 1. The Labute approximate surface area is 125 Å². The summed E-state index contributed by atoms with van der Waals surface area (Å²) in [5.41, 5.74) is 0.696. The molecule has 0 aromatic heterocycles. The van der Waals surface area contributed by atoms with Crippen molar-refractivity contribution in [1.29, 1.82) is 0 Å². The van der Waals surface area contributed by atoms with E-state index in [-0.39, 0.29) is 31.4 Å². The maximum absolute atomic E-state index is 12.8. The predicted octanol–water partition coefficient (Wildman–Crippen LogP) is 1.50. The van der Waals surface area contributed by atoms with Crippen LogP contribution in [0.4, 0.5) is 4.39 Å². The fraction of sp³-hybridized carbons (Fsp3) is 0.500. The molecule has 0 atom stereocenters. The summed E-state index contributed by atoms with van der Waals surface area (Å²) in [6.45, 7) is 2.50. The Balaban J connectivity index is 2.61. The van der Waals surface area contributed by atoms with E-state index in [0.29, 0.717) is 12.0 Å². The Bertz CT molecular complexity index is 558. The van der Waals surface area contributed by atoms with E-state index < -0.39 is 10.0 Å². The molecule has 5 nitrogen and oxygen atoms in total. The average Bonchev–Trinajstić information content (AvgIpc) is 2.39. The van der Waals surface area contributed by atoms with Gasteiger partial charge in [-0.1, -0.05) is 19.1 Å². The van der Waals surface area contributed by atoms with E-state index >= 15 is 0 Å². The third kappa shape index (κ3) is 6.68. The zero-order valence-corrected chi connectivity index (χ0v) is 13.1. The number of halogens is 1. The maximum atomic E-state index is 12.8. The highest BCUT2D eigenvalue weighted by Crippen LogP contribution is 2.09. The van der Waals surface area contributed by atoms with Crippen LogP contribution in [-0.2, 0) is 21.4 Å². The molecule has 7 heteroatoms. The minimum Gasteiger partial charge on any atom is -0.355 e. The molecule has 21 heavy (non-hydrogen) atoms. The highest BCUT2D eigenvalue weighted by molar-refractivity contribution is 7.88. The predicted molar refractivity (Wildman–Crippen MR) is 79.6 cm³/mol. The molecule has 0 saturated carbocycles. The Morgan fingerprint density at radius 3 is 2.43 bits per heavy atom. The van der Waals surface area contributed by atoms with E-state index in [9.17, 15) is 17.6 Å². The van der Waals surface area contributed by atoms with E-state index in [1.165, 1.54) is 16.4 Å². The summed E-state index contributed by atoms with van der Waals surface area (Å²) in [7, 11) is -3.40. The van der Waals surface area contributed by atoms with Crippen LogP contribution in [0, 0.1) is 5.82 Å². The molecule has 0 aliphatic heterocycles. The van der Waals surface area contributed by atoms with Crippen LogP contribution in [0.3, 0.4) is 0 Å². The SMILES string of the molecule is CCCC(=O)NCCN(Cc1ccc(F)cc1)S(C)(=O)=O. The summed E-state index contributed by atoms with van der Waals surface area (Å²) >= 11 is 0. The maximum Gasteiger partial charge on any atom is 0.220 e. The molecular formula is C14H21FN2O3S. The number of sulfonamides is 1. The van der Waals surface area contributed by atoms with Gasteiger partial charge in [-0.2, -0.15) is 4.31 Å². The fourth-order valence-corrected chi connectivity index (χ4v) is 2.60. The lowest BCUT2D eigenvalue weighted by Gasteiger charge is -2.20. The molecule has 118 valence electrons. The van der Waals surface area contributed by atoms with Gasteiger partial charge in [-0.15, -0.1) is 0 Å². The largest absolute Gasteiger partial charge is 0.355 e. The van der Waals surface area contributed by atoms with Crippen molar-refractivity contribution >= 4 is 15.9 Å². The molecule has 1 aromatic carbocycles. The van der Waals surface area contributed by atoms with E-state index in [2.05, 4.69) is 5.32 Å². The van der Waals surface area contributed by atoms with Gasteiger partial charge >= 0.3 is 0 Å². The summed E-state index contributed by atoms with van der Waals surface area (Å²) in [4.78, 5) is 11.3. The van der Waals surface area contributed by atoms with Gasteiger partial charge in [-0.3, -0.25) is 4.79 Å². The van der Waals surface area contributed by atoms with Crippen LogP contribution in [0.1, 0.15) is 25.3 Å². The first-order valence-electron chi connectivity index (χ1n) is 6.79. The third-order valence-electron chi connectivity index (χ3n) is 2.90. The van der Waals surface area contributed by atoms with Gasteiger partial charge in [0.25, 0.3) is 0 Å². The number of carbonyl (C=O) groups excluding carboxylic acids is 1. The number of carbonyl (C=O) groups is 1. The van der Waals surface area contributed by atoms with Crippen LogP contribution in [0.5, 0.6) is 0 Å². The summed E-state index contributed by atoms with van der Waals surface area (Å²) in [5, 5.41) is 2.68. The van der Waals surface area contributed by atoms with E-state index in [1.807, 2.05) is 6.92 Å². The van der Waals surface area contributed by atoms with Gasteiger partial charge in [-0.05, 0) is 24.1 Å². The summed E-state index contributed by atoms with van der Waals surface area (Å²) in [6.07, 6.45) is 2.29. The molecule has 1 amide bonds. The van der Waals surface area contributed by atoms with Crippen molar-refractivity contribution in [3.05, 3.63) is 35.6 Å².